The second-order valence-corrected chi connectivity index (χ2v) is 9.59. The molecular weight excluding hydrogens is 446 g/mol. The molecule has 0 aliphatic carbocycles. The Balaban J connectivity index is 1.47. The Kier molecular flexibility index (Phi) is 7.93. The van der Waals surface area contributed by atoms with Crippen LogP contribution in [0.15, 0.2) is 41.3 Å². The number of rotatable bonds is 10. The maximum absolute atomic E-state index is 12.2. The summed E-state index contributed by atoms with van der Waals surface area (Å²) in [7, 11) is -3.81. The van der Waals surface area contributed by atoms with Crippen LogP contribution in [0.4, 0.5) is 0 Å². The molecule has 0 spiro atoms. The third kappa shape index (κ3) is 6.69. The molecule has 10 heteroatoms. The average Bonchev–Trinajstić information content (AvgIpc) is 3.14. The first-order chi connectivity index (χ1) is 15.7. The smallest absolute Gasteiger partial charge is 0.241 e. The monoisotopic (exact) mass is 475 g/mol. The minimum absolute atomic E-state index is 0.0662. The fourth-order valence-corrected chi connectivity index (χ4v) is 4.35. The molecule has 1 aliphatic heterocycles. The molecule has 0 bridgehead atoms. The quantitative estimate of drug-likeness (QED) is 0.478. The Bertz CT molecular complexity index is 1120. The third-order valence-electron chi connectivity index (χ3n) is 5.06. The number of ether oxygens (including phenoxy) is 2. The molecule has 3 N–H and O–H groups in total. The third-order valence-corrected chi connectivity index (χ3v) is 6.47. The van der Waals surface area contributed by atoms with Crippen LogP contribution >= 0.6 is 0 Å². The lowest BCUT2D eigenvalue weighted by molar-refractivity contribution is -0.125. The molecule has 3 rings (SSSR count). The molecule has 2 aromatic rings. The van der Waals surface area contributed by atoms with E-state index in [1.54, 1.807) is 12.1 Å². The van der Waals surface area contributed by atoms with E-state index < -0.39 is 28.4 Å². The maximum atomic E-state index is 12.2. The zero-order valence-corrected chi connectivity index (χ0v) is 19.8. The van der Waals surface area contributed by atoms with Gasteiger partial charge in [-0.1, -0.05) is 17.7 Å². The topological polar surface area (TPSA) is 123 Å². The largest absolute Gasteiger partial charge is 0.494 e. The van der Waals surface area contributed by atoms with Crippen molar-refractivity contribution in [3.05, 3.63) is 53.1 Å². The number of amides is 2. The summed E-state index contributed by atoms with van der Waals surface area (Å²) >= 11 is 0. The van der Waals surface area contributed by atoms with Crippen molar-refractivity contribution < 1.29 is 27.5 Å². The lowest BCUT2D eigenvalue weighted by Gasteiger charge is -2.13. The van der Waals surface area contributed by atoms with E-state index >= 15 is 0 Å². The van der Waals surface area contributed by atoms with E-state index in [-0.39, 0.29) is 24.1 Å². The Morgan fingerprint density at radius 3 is 2.48 bits per heavy atom. The Morgan fingerprint density at radius 1 is 1.09 bits per heavy atom. The molecule has 1 atom stereocenters. The first-order valence-corrected chi connectivity index (χ1v) is 12.2. The van der Waals surface area contributed by atoms with Gasteiger partial charge in [0.1, 0.15) is 17.6 Å². The molecule has 0 fully saturated rings. The lowest BCUT2D eigenvalue weighted by Crippen LogP contribution is -2.41. The van der Waals surface area contributed by atoms with Crippen molar-refractivity contribution in [3.63, 3.8) is 0 Å². The summed E-state index contributed by atoms with van der Waals surface area (Å²) in [5.41, 5.74) is 2.77. The molecule has 1 unspecified atom stereocenters. The van der Waals surface area contributed by atoms with Gasteiger partial charge >= 0.3 is 0 Å². The lowest BCUT2D eigenvalue weighted by atomic mass is 10.1. The SMILES string of the molecule is CCOc1cc2c(cc1CNC(=O)CNC(=O)CNS(=O)(=O)c1ccc(C)cc1)OC(C)C2. The standard InChI is InChI=1S/C23H29N3O6S/c1-4-31-20-10-17-9-16(3)32-21(17)11-18(20)12-24-22(27)13-25-23(28)14-26-33(29,30)19-7-5-15(2)6-8-19/h5-8,10-11,16,26H,4,9,12-14H2,1-3H3,(H,24,27)(H,25,28). The normalized spacial score (nSPS) is 14.8. The van der Waals surface area contributed by atoms with Crippen LogP contribution in [-0.4, -0.2) is 46.0 Å². The fourth-order valence-electron chi connectivity index (χ4n) is 3.37. The van der Waals surface area contributed by atoms with Gasteiger partial charge in [-0.05, 0) is 45.0 Å². The Morgan fingerprint density at radius 2 is 1.79 bits per heavy atom. The van der Waals surface area contributed by atoms with Gasteiger partial charge < -0.3 is 20.1 Å². The minimum atomic E-state index is -3.81. The van der Waals surface area contributed by atoms with E-state index in [4.69, 9.17) is 9.47 Å². The summed E-state index contributed by atoms with van der Waals surface area (Å²) in [6, 6.07) is 10.1. The molecule has 33 heavy (non-hydrogen) atoms. The highest BCUT2D eigenvalue weighted by Crippen LogP contribution is 2.35. The average molecular weight is 476 g/mol. The van der Waals surface area contributed by atoms with Crippen molar-refractivity contribution in [2.45, 2.75) is 44.7 Å². The van der Waals surface area contributed by atoms with E-state index in [1.807, 2.05) is 32.9 Å². The van der Waals surface area contributed by atoms with Crippen molar-refractivity contribution in [2.24, 2.45) is 0 Å². The molecule has 0 saturated heterocycles. The molecular formula is C23H29N3O6S. The summed E-state index contributed by atoms with van der Waals surface area (Å²) < 4.78 is 38.2. The number of fused-ring (bicyclic) bond motifs is 1. The number of hydrogen-bond donors (Lipinski definition) is 3. The highest BCUT2D eigenvalue weighted by molar-refractivity contribution is 7.89. The Labute approximate surface area is 193 Å². The van der Waals surface area contributed by atoms with Crippen LogP contribution in [0.25, 0.3) is 0 Å². The van der Waals surface area contributed by atoms with Crippen molar-refractivity contribution in [1.29, 1.82) is 0 Å². The fraction of sp³-hybridized carbons (Fsp3) is 0.391. The number of carbonyl (C=O) groups excluding carboxylic acids is 2. The van der Waals surface area contributed by atoms with Gasteiger partial charge in [0, 0.05) is 24.1 Å². The summed E-state index contributed by atoms with van der Waals surface area (Å²) in [5, 5.41) is 5.14. The second-order valence-electron chi connectivity index (χ2n) is 7.82. The number of carbonyl (C=O) groups is 2. The van der Waals surface area contributed by atoms with E-state index in [0.29, 0.717) is 12.4 Å². The van der Waals surface area contributed by atoms with Gasteiger partial charge in [0.05, 0.1) is 24.6 Å². The van der Waals surface area contributed by atoms with Crippen LogP contribution in [0.5, 0.6) is 11.5 Å². The van der Waals surface area contributed by atoms with Gasteiger partial charge in [0.25, 0.3) is 0 Å². The van der Waals surface area contributed by atoms with Gasteiger partial charge in [-0.3, -0.25) is 9.59 Å². The number of sulfonamides is 1. The first kappa shape index (κ1) is 24.5. The molecule has 0 radical (unpaired) electrons. The molecule has 178 valence electrons. The van der Waals surface area contributed by atoms with Gasteiger partial charge in [-0.15, -0.1) is 0 Å². The molecule has 2 amide bonds. The second kappa shape index (κ2) is 10.7. The molecule has 0 aromatic heterocycles. The molecule has 1 aliphatic rings. The number of hydrogen-bond acceptors (Lipinski definition) is 6. The van der Waals surface area contributed by atoms with E-state index in [1.165, 1.54) is 12.1 Å². The van der Waals surface area contributed by atoms with E-state index in [9.17, 15) is 18.0 Å². The summed E-state index contributed by atoms with van der Waals surface area (Å²) in [5.74, 6) is 0.436. The van der Waals surface area contributed by atoms with Crippen molar-refractivity contribution in [1.82, 2.24) is 15.4 Å². The summed E-state index contributed by atoms with van der Waals surface area (Å²) in [4.78, 5) is 24.3. The summed E-state index contributed by atoms with van der Waals surface area (Å²) in [6.07, 6.45) is 0.903. The molecule has 9 nitrogen and oxygen atoms in total. The zero-order chi connectivity index (χ0) is 24.0. The number of aryl methyl sites for hydroxylation is 1. The molecule has 1 heterocycles. The summed E-state index contributed by atoms with van der Waals surface area (Å²) in [6.45, 7) is 5.66. The van der Waals surface area contributed by atoms with E-state index in [0.717, 1.165) is 28.9 Å². The van der Waals surface area contributed by atoms with Gasteiger partial charge in [0.2, 0.25) is 21.8 Å². The van der Waals surface area contributed by atoms with Crippen LogP contribution in [0.3, 0.4) is 0 Å². The molecule has 0 saturated carbocycles. The van der Waals surface area contributed by atoms with Crippen molar-refractivity contribution >= 4 is 21.8 Å². The van der Waals surface area contributed by atoms with Crippen molar-refractivity contribution in [2.75, 3.05) is 19.7 Å². The van der Waals surface area contributed by atoms with E-state index in [2.05, 4.69) is 15.4 Å². The maximum Gasteiger partial charge on any atom is 0.241 e. The van der Waals surface area contributed by atoms with Crippen LogP contribution in [0.1, 0.15) is 30.5 Å². The first-order valence-electron chi connectivity index (χ1n) is 10.7. The van der Waals surface area contributed by atoms with Gasteiger partial charge in [-0.2, -0.15) is 0 Å². The van der Waals surface area contributed by atoms with Gasteiger partial charge in [0.15, 0.2) is 0 Å². The Hall–Kier alpha value is -3.11. The predicted molar refractivity (Wildman–Crippen MR) is 123 cm³/mol. The number of benzene rings is 2. The predicted octanol–water partition coefficient (Wildman–Crippen LogP) is 1.43. The zero-order valence-electron chi connectivity index (χ0n) is 18.9. The van der Waals surface area contributed by atoms with Crippen LogP contribution < -0.4 is 24.8 Å². The van der Waals surface area contributed by atoms with Crippen LogP contribution in [-0.2, 0) is 32.6 Å². The van der Waals surface area contributed by atoms with Crippen LogP contribution in [0, 0.1) is 6.92 Å². The minimum Gasteiger partial charge on any atom is -0.494 e. The highest BCUT2D eigenvalue weighted by Gasteiger charge is 2.22. The highest BCUT2D eigenvalue weighted by atomic mass is 32.2. The van der Waals surface area contributed by atoms with Crippen molar-refractivity contribution in [3.8, 4) is 11.5 Å². The molecule has 2 aromatic carbocycles. The van der Waals surface area contributed by atoms with Gasteiger partial charge in [-0.25, -0.2) is 13.1 Å². The number of nitrogens with one attached hydrogen (secondary N) is 3. The van der Waals surface area contributed by atoms with Crippen LogP contribution in [0.2, 0.25) is 0 Å².